The molecular formula is C57H100N2O11S2. The molecule has 15 heteroatoms. The third-order valence-corrected chi connectivity index (χ3v) is 14.6. The molecule has 2 N–H and O–H groups in total. The van der Waals surface area contributed by atoms with Gasteiger partial charge in [0.25, 0.3) is 0 Å². The second-order valence-corrected chi connectivity index (χ2v) is 24.4. The highest BCUT2D eigenvalue weighted by Crippen LogP contribution is 2.21. The van der Waals surface area contributed by atoms with Gasteiger partial charge in [-0.25, -0.2) is 8.42 Å². The van der Waals surface area contributed by atoms with Gasteiger partial charge in [-0.05, 0) is 85.1 Å². The molecule has 0 bridgehead atoms. The Hall–Kier alpha value is -3.17. The molecule has 0 aromatic heterocycles. The van der Waals surface area contributed by atoms with Crippen LogP contribution in [0.4, 0.5) is 5.69 Å². The van der Waals surface area contributed by atoms with Crippen LogP contribution < -0.4 is 10.0 Å². The van der Waals surface area contributed by atoms with Gasteiger partial charge in [-0.15, -0.1) is 0 Å². The summed E-state index contributed by atoms with van der Waals surface area (Å²) in [7, 11) is -4.25. The maximum atomic E-state index is 13.4. The number of amides is 1. The van der Waals surface area contributed by atoms with Gasteiger partial charge in [0.15, 0.2) is 0 Å². The molecule has 0 aliphatic heterocycles. The number of carbonyl (C=O) groups excluding carboxylic acids is 5. The molecule has 13 nitrogen and oxygen atoms in total. The van der Waals surface area contributed by atoms with Crippen LogP contribution in [0.2, 0.25) is 0 Å². The number of thioether (sulfide) groups is 1. The zero-order chi connectivity index (χ0) is 53.5. The number of hydrogen-bond acceptors (Lipinski definition) is 12. The lowest BCUT2D eigenvalue weighted by atomic mass is 10.0. The van der Waals surface area contributed by atoms with Crippen molar-refractivity contribution in [1.29, 1.82) is 0 Å². The van der Waals surface area contributed by atoms with Gasteiger partial charge in [0.1, 0.15) is 30.0 Å². The number of rotatable bonds is 44. The first-order valence-electron chi connectivity index (χ1n) is 28.0. The molecule has 0 spiro atoms. The summed E-state index contributed by atoms with van der Waals surface area (Å²) >= 11 is 1.42. The first-order valence-corrected chi connectivity index (χ1v) is 30.7. The van der Waals surface area contributed by atoms with Crippen molar-refractivity contribution in [3.8, 4) is 0 Å². The van der Waals surface area contributed by atoms with Crippen molar-refractivity contribution in [1.82, 2.24) is 4.72 Å². The third-order valence-electron chi connectivity index (χ3n) is 12.0. The molecule has 2 unspecified atom stereocenters. The summed E-state index contributed by atoms with van der Waals surface area (Å²) < 4.78 is 51.4. The van der Waals surface area contributed by atoms with Crippen LogP contribution >= 0.6 is 11.8 Å². The highest BCUT2D eigenvalue weighted by atomic mass is 32.2. The largest absolute Gasteiger partial charge is 0.462 e. The van der Waals surface area contributed by atoms with E-state index in [4.69, 9.17) is 18.9 Å². The lowest BCUT2D eigenvalue weighted by Crippen LogP contribution is -2.44. The zero-order valence-corrected chi connectivity index (χ0v) is 47.9. The normalized spacial score (nSPS) is 12.8. The number of hydrogen-bond donors (Lipinski definition) is 2. The maximum absolute atomic E-state index is 13.4. The van der Waals surface area contributed by atoms with Crippen molar-refractivity contribution in [2.24, 2.45) is 0 Å². The van der Waals surface area contributed by atoms with Gasteiger partial charge < -0.3 is 24.3 Å². The van der Waals surface area contributed by atoms with E-state index in [1.165, 1.54) is 164 Å². The van der Waals surface area contributed by atoms with Gasteiger partial charge in [-0.3, -0.25) is 24.0 Å². The topological polar surface area (TPSA) is 180 Å². The molecule has 0 radical (unpaired) electrons. The Morgan fingerprint density at radius 1 is 0.542 bits per heavy atom. The fraction of sp³-hybridized carbons (Fsp3) is 0.807. The van der Waals surface area contributed by atoms with Crippen molar-refractivity contribution < 1.29 is 51.3 Å². The molecule has 72 heavy (non-hydrogen) atoms. The van der Waals surface area contributed by atoms with Crippen LogP contribution in [-0.2, 0) is 52.9 Å². The monoisotopic (exact) mass is 1050 g/mol. The molecule has 0 fully saturated rings. The minimum absolute atomic E-state index is 0.0345. The Morgan fingerprint density at radius 3 is 1.42 bits per heavy atom. The summed E-state index contributed by atoms with van der Waals surface area (Å²) in [5, 5.41) is 2.78. The molecule has 0 heterocycles. The van der Waals surface area contributed by atoms with Crippen molar-refractivity contribution in [2.75, 3.05) is 23.4 Å². The average Bonchev–Trinajstić information content (AvgIpc) is 3.30. The summed E-state index contributed by atoms with van der Waals surface area (Å²) in [6, 6.07) is 4.16. The highest BCUT2D eigenvalue weighted by molar-refractivity contribution is 7.99. The number of sulfonamides is 1. The summed E-state index contributed by atoms with van der Waals surface area (Å²) in [4.78, 5) is 63.9. The number of anilines is 1. The number of unbranched alkanes of at least 4 members (excludes halogenated alkanes) is 24. The number of benzene rings is 1. The maximum Gasteiger partial charge on any atom is 0.324 e. The Kier molecular flexibility index (Phi) is 37.3. The number of nitrogens with one attached hydrogen (secondary N) is 2. The minimum atomic E-state index is -4.25. The summed E-state index contributed by atoms with van der Waals surface area (Å²) in [5.41, 5.74) is -1.28. The smallest absolute Gasteiger partial charge is 0.324 e. The number of ether oxygens (including phenoxy) is 4. The molecular weight excluding hydrogens is 953 g/mol. The quantitative estimate of drug-likeness (QED) is 0.0359. The van der Waals surface area contributed by atoms with Crippen molar-refractivity contribution in [3.05, 3.63) is 24.3 Å². The summed E-state index contributed by atoms with van der Waals surface area (Å²) in [6.45, 7) is 14.6. The van der Waals surface area contributed by atoms with E-state index in [9.17, 15) is 32.4 Å². The van der Waals surface area contributed by atoms with Gasteiger partial charge in [0.05, 0.1) is 4.90 Å². The molecule has 1 amide bonds. The summed E-state index contributed by atoms with van der Waals surface area (Å²) in [5.74, 6) is -1.56. The van der Waals surface area contributed by atoms with Gasteiger partial charge in [0, 0.05) is 42.9 Å². The zero-order valence-electron chi connectivity index (χ0n) is 46.3. The molecule has 1 rings (SSSR count). The molecule has 0 aliphatic rings. The first kappa shape index (κ1) is 66.8. The Balaban J connectivity index is 2.67. The molecule has 1 aromatic carbocycles. The molecule has 0 aliphatic carbocycles. The van der Waals surface area contributed by atoms with Gasteiger partial charge in [-0.2, -0.15) is 16.5 Å². The minimum Gasteiger partial charge on any atom is -0.462 e. The van der Waals surface area contributed by atoms with Crippen molar-refractivity contribution >= 4 is 57.3 Å². The highest BCUT2D eigenvalue weighted by Gasteiger charge is 2.31. The van der Waals surface area contributed by atoms with Crippen molar-refractivity contribution in [2.45, 2.75) is 283 Å². The van der Waals surface area contributed by atoms with E-state index in [2.05, 4.69) is 23.9 Å². The van der Waals surface area contributed by atoms with Crippen LogP contribution in [0.3, 0.4) is 0 Å². The van der Waals surface area contributed by atoms with Gasteiger partial charge in [-0.1, -0.05) is 168 Å². The van der Waals surface area contributed by atoms with Crippen LogP contribution in [-0.4, -0.2) is 79.7 Å². The SMILES string of the molecule is CCCCCCCCCCCCCCCC(=O)OCC(CSCCC(=O)Nc1ccc(S(=O)(=O)NC(CCC(=O)OC(C)(C)C)C(=O)OC(C)(C)C)cc1)OC(=O)CCCCCCCCCCCCCCC. The van der Waals surface area contributed by atoms with Crippen molar-refractivity contribution in [3.63, 3.8) is 0 Å². The number of esters is 4. The lowest BCUT2D eigenvalue weighted by Gasteiger charge is -2.25. The molecule has 2 atom stereocenters. The molecule has 0 saturated carbocycles. The van der Waals surface area contributed by atoms with Crippen LogP contribution in [0.15, 0.2) is 29.2 Å². The second-order valence-electron chi connectivity index (χ2n) is 21.5. The lowest BCUT2D eigenvalue weighted by molar-refractivity contribution is -0.158. The summed E-state index contributed by atoms with van der Waals surface area (Å²) in [6.07, 6.45) is 31.4. The Labute approximate surface area is 441 Å². The van der Waals surface area contributed by atoms with E-state index in [0.29, 0.717) is 30.0 Å². The molecule has 416 valence electrons. The standard InChI is InChI=1S/C57H100N2O11S2/c1-9-11-13-15-17-19-21-23-25-27-29-31-33-35-52(61)67-45-48(68-53(62)36-34-32-30-28-26-24-22-20-18-16-14-12-10-2)46-71-44-43-51(60)58-47-37-39-49(40-38-47)72(65,66)59-50(55(64)70-57(6,7)8)41-42-54(63)69-56(3,4)5/h37-40,48,50,59H,9-36,41-46H2,1-8H3,(H,58,60). The van der Waals surface area contributed by atoms with E-state index in [1.807, 2.05) is 0 Å². The number of carbonyl (C=O) groups is 5. The van der Waals surface area contributed by atoms with Gasteiger partial charge in [0.2, 0.25) is 15.9 Å². The Bertz CT molecular complexity index is 1730. The fourth-order valence-electron chi connectivity index (χ4n) is 8.02. The van der Waals surface area contributed by atoms with Crippen LogP contribution in [0.1, 0.15) is 254 Å². The average molecular weight is 1050 g/mol. The van der Waals surface area contributed by atoms with E-state index in [1.54, 1.807) is 41.5 Å². The third kappa shape index (κ3) is 38.4. The fourth-order valence-corrected chi connectivity index (χ4v) is 10.2. The van der Waals surface area contributed by atoms with Crippen LogP contribution in [0, 0.1) is 0 Å². The second kappa shape index (κ2) is 40.2. The molecule has 0 saturated heterocycles. The van der Waals surface area contributed by atoms with Crippen LogP contribution in [0.25, 0.3) is 0 Å². The van der Waals surface area contributed by atoms with E-state index in [0.717, 1.165) is 38.5 Å². The molecule has 1 aromatic rings. The first-order chi connectivity index (χ1) is 34.2. The van der Waals surface area contributed by atoms with Crippen LogP contribution in [0.5, 0.6) is 0 Å². The van der Waals surface area contributed by atoms with E-state index in [-0.39, 0.29) is 48.6 Å². The Morgan fingerprint density at radius 2 is 0.972 bits per heavy atom. The van der Waals surface area contributed by atoms with E-state index < -0.39 is 45.3 Å². The van der Waals surface area contributed by atoms with E-state index >= 15 is 0 Å². The predicted octanol–water partition coefficient (Wildman–Crippen LogP) is 14.3. The van der Waals surface area contributed by atoms with Gasteiger partial charge >= 0.3 is 23.9 Å². The predicted molar refractivity (Wildman–Crippen MR) is 294 cm³/mol.